The first kappa shape index (κ1) is 8.93. The number of hydrogen-bond donors (Lipinski definition) is 1. The molecule has 2 fully saturated rings. The smallest absolute Gasteiger partial charge is 0.00170 e. The van der Waals surface area contributed by atoms with Gasteiger partial charge in [-0.15, -0.1) is 0 Å². The van der Waals surface area contributed by atoms with E-state index in [0.29, 0.717) is 0 Å². The van der Waals surface area contributed by atoms with Crippen molar-refractivity contribution < 1.29 is 0 Å². The highest BCUT2D eigenvalue weighted by atomic mass is 32.1. The topological polar surface area (TPSA) is 0 Å². The Morgan fingerprint density at radius 2 is 1.17 bits per heavy atom. The molecule has 0 spiro atoms. The van der Waals surface area contributed by atoms with Gasteiger partial charge in [-0.05, 0) is 37.5 Å². The van der Waals surface area contributed by atoms with Crippen LogP contribution in [0.15, 0.2) is 0 Å². The van der Waals surface area contributed by atoms with Crippen LogP contribution in [0, 0.1) is 11.8 Å². The molecular formula is C11H20S. The van der Waals surface area contributed by atoms with Crippen LogP contribution in [-0.4, -0.2) is 5.25 Å². The maximum atomic E-state index is 4.54. The van der Waals surface area contributed by atoms with E-state index in [0.717, 1.165) is 17.1 Å². The molecule has 0 radical (unpaired) electrons. The second-order valence-corrected chi connectivity index (χ2v) is 5.34. The van der Waals surface area contributed by atoms with Gasteiger partial charge in [-0.25, -0.2) is 0 Å². The normalized spacial score (nSPS) is 38.8. The molecule has 0 heterocycles. The molecule has 12 heavy (non-hydrogen) atoms. The Kier molecular flexibility index (Phi) is 3.00. The molecule has 2 aliphatic carbocycles. The van der Waals surface area contributed by atoms with Crippen LogP contribution in [0.25, 0.3) is 0 Å². The molecular weight excluding hydrogens is 164 g/mol. The fraction of sp³-hybridized carbons (Fsp3) is 1.00. The number of thiol groups is 1. The summed E-state index contributed by atoms with van der Waals surface area (Å²) in [5.41, 5.74) is 0. The molecule has 0 atom stereocenters. The maximum absolute atomic E-state index is 4.54. The summed E-state index contributed by atoms with van der Waals surface area (Å²) in [4.78, 5) is 0. The summed E-state index contributed by atoms with van der Waals surface area (Å²) in [6.45, 7) is 0. The summed E-state index contributed by atoms with van der Waals surface area (Å²) < 4.78 is 0. The summed E-state index contributed by atoms with van der Waals surface area (Å²) in [6, 6.07) is 0. The lowest BCUT2D eigenvalue weighted by molar-refractivity contribution is 0.256. The van der Waals surface area contributed by atoms with Crippen molar-refractivity contribution in [3.8, 4) is 0 Å². The predicted molar refractivity (Wildman–Crippen MR) is 56.7 cm³/mol. The van der Waals surface area contributed by atoms with E-state index < -0.39 is 0 Å². The SMILES string of the molecule is SC1CCC(C2CCCC2)CC1. The van der Waals surface area contributed by atoms with Gasteiger partial charge in [0.05, 0.1) is 0 Å². The van der Waals surface area contributed by atoms with E-state index >= 15 is 0 Å². The Hall–Kier alpha value is 0.350. The second-order valence-electron chi connectivity index (χ2n) is 4.61. The summed E-state index contributed by atoms with van der Waals surface area (Å²) in [5.74, 6) is 2.18. The molecule has 0 aromatic carbocycles. The van der Waals surface area contributed by atoms with Crippen LogP contribution in [0.4, 0.5) is 0 Å². The monoisotopic (exact) mass is 184 g/mol. The van der Waals surface area contributed by atoms with Crippen molar-refractivity contribution in [1.82, 2.24) is 0 Å². The standard InChI is InChI=1S/C11H20S/c12-11-7-5-10(6-8-11)9-3-1-2-4-9/h9-12H,1-8H2. The zero-order valence-corrected chi connectivity index (χ0v) is 8.73. The Morgan fingerprint density at radius 1 is 0.667 bits per heavy atom. The summed E-state index contributed by atoms with van der Waals surface area (Å²) >= 11 is 4.54. The van der Waals surface area contributed by atoms with Crippen LogP contribution in [0.5, 0.6) is 0 Å². The zero-order valence-electron chi connectivity index (χ0n) is 7.84. The molecule has 0 N–H and O–H groups in total. The average Bonchev–Trinajstić information content (AvgIpc) is 2.58. The van der Waals surface area contributed by atoms with Gasteiger partial charge in [0, 0.05) is 5.25 Å². The lowest BCUT2D eigenvalue weighted by Crippen LogP contribution is -2.20. The molecule has 2 rings (SSSR count). The molecule has 0 unspecified atom stereocenters. The minimum Gasteiger partial charge on any atom is -0.176 e. The van der Waals surface area contributed by atoms with Gasteiger partial charge in [-0.2, -0.15) is 12.6 Å². The van der Waals surface area contributed by atoms with E-state index in [1.165, 1.54) is 51.4 Å². The molecule has 0 saturated heterocycles. The minimum atomic E-state index is 0.725. The van der Waals surface area contributed by atoms with Crippen molar-refractivity contribution in [1.29, 1.82) is 0 Å². The number of hydrogen-bond acceptors (Lipinski definition) is 1. The third-order valence-electron chi connectivity index (χ3n) is 3.81. The van der Waals surface area contributed by atoms with Crippen molar-refractivity contribution in [2.45, 2.75) is 56.6 Å². The van der Waals surface area contributed by atoms with Gasteiger partial charge in [0.25, 0.3) is 0 Å². The van der Waals surface area contributed by atoms with Gasteiger partial charge in [0.2, 0.25) is 0 Å². The quantitative estimate of drug-likeness (QED) is 0.591. The highest BCUT2D eigenvalue weighted by Gasteiger charge is 2.27. The zero-order chi connectivity index (χ0) is 8.39. The van der Waals surface area contributed by atoms with Gasteiger partial charge in [0.15, 0.2) is 0 Å². The highest BCUT2D eigenvalue weighted by molar-refractivity contribution is 7.80. The van der Waals surface area contributed by atoms with E-state index in [-0.39, 0.29) is 0 Å². The first-order chi connectivity index (χ1) is 5.86. The molecule has 2 aliphatic rings. The van der Waals surface area contributed by atoms with Crippen LogP contribution in [0.1, 0.15) is 51.4 Å². The Morgan fingerprint density at radius 3 is 1.75 bits per heavy atom. The van der Waals surface area contributed by atoms with E-state index in [9.17, 15) is 0 Å². The number of rotatable bonds is 1. The third-order valence-corrected chi connectivity index (χ3v) is 4.32. The van der Waals surface area contributed by atoms with Gasteiger partial charge in [0.1, 0.15) is 0 Å². The van der Waals surface area contributed by atoms with Gasteiger partial charge >= 0.3 is 0 Å². The third kappa shape index (κ3) is 1.99. The van der Waals surface area contributed by atoms with Crippen molar-refractivity contribution >= 4 is 12.6 Å². The first-order valence-electron chi connectivity index (χ1n) is 5.54. The molecule has 70 valence electrons. The molecule has 1 heteroatoms. The molecule has 0 aromatic heterocycles. The van der Waals surface area contributed by atoms with Crippen molar-refractivity contribution in [3.63, 3.8) is 0 Å². The summed E-state index contributed by atoms with van der Waals surface area (Å²) in [6.07, 6.45) is 11.8. The summed E-state index contributed by atoms with van der Waals surface area (Å²) in [5, 5.41) is 0.725. The highest BCUT2D eigenvalue weighted by Crippen LogP contribution is 2.40. The van der Waals surface area contributed by atoms with Crippen molar-refractivity contribution in [2.75, 3.05) is 0 Å². The fourth-order valence-electron chi connectivity index (χ4n) is 3.00. The largest absolute Gasteiger partial charge is 0.176 e. The van der Waals surface area contributed by atoms with Crippen LogP contribution >= 0.6 is 12.6 Å². The van der Waals surface area contributed by atoms with Crippen LogP contribution in [-0.2, 0) is 0 Å². The Balaban J connectivity index is 1.80. The Bertz CT molecular complexity index is 130. The van der Waals surface area contributed by atoms with Crippen molar-refractivity contribution in [2.24, 2.45) is 11.8 Å². The lowest BCUT2D eigenvalue weighted by atomic mass is 9.79. The van der Waals surface area contributed by atoms with Crippen LogP contribution in [0.2, 0.25) is 0 Å². The molecule has 0 nitrogen and oxygen atoms in total. The Labute approximate surface area is 81.5 Å². The molecule has 0 aromatic rings. The van der Waals surface area contributed by atoms with Gasteiger partial charge < -0.3 is 0 Å². The lowest BCUT2D eigenvalue weighted by Gasteiger charge is -2.30. The molecule has 2 saturated carbocycles. The first-order valence-corrected chi connectivity index (χ1v) is 6.06. The van der Waals surface area contributed by atoms with E-state index in [4.69, 9.17) is 0 Å². The minimum absolute atomic E-state index is 0.725. The van der Waals surface area contributed by atoms with Crippen LogP contribution in [0.3, 0.4) is 0 Å². The van der Waals surface area contributed by atoms with Gasteiger partial charge in [-0.3, -0.25) is 0 Å². The maximum Gasteiger partial charge on any atom is 0.00170 e. The average molecular weight is 184 g/mol. The molecule has 0 aliphatic heterocycles. The summed E-state index contributed by atoms with van der Waals surface area (Å²) in [7, 11) is 0. The molecule has 0 amide bonds. The predicted octanol–water partition coefficient (Wildman–Crippen LogP) is 3.67. The molecule has 0 bridgehead atoms. The fourth-order valence-corrected chi connectivity index (χ4v) is 3.30. The van der Waals surface area contributed by atoms with Crippen molar-refractivity contribution in [3.05, 3.63) is 0 Å². The van der Waals surface area contributed by atoms with E-state index in [1.54, 1.807) is 0 Å². The van der Waals surface area contributed by atoms with E-state index in [2.05, 4.69) is 12.6 Å². The van der Waals surface area contributed by atoms with Gasteiger partial charge in [-0.1, -0.05) is 25.7 Å². The van der Waals surface area contributed by atoms with Crippen LogP contribution < -0.4 is 0 Å². The van der Waals surface area contributed by atoms with E-state index in [1.807, 2.05) is 0 Å². The second kappa shape index (κ2) is 4.04.